The van der Waals surface area contributed by atoms with Gasteiger partial charge in [0.1, 0.15) is 23.4 Å². The molecule has 0 saturated heterocycles. The summed E-state index contributed by atoms with van der Waals surface area (Å²) >= 11 is 14.7. The Morgan fingerprint density at radius 1 is 1.16 bits per heavy atom. The number of nitrogens with zero attached hydrogens (tertiary/aromatic N) is 1. The van der Waals surface area contributed by atoms with E-state index in [9.17, 15) is 4.39 Å². The van der Waals surface area contributed by atoms with Crippen LogP contribution in [0.3, 0.4) is 0 Å². The molecule has 2 rings (SSSR count). The third-order valence-electron chi connectivity index (χ3n) is 2.26. The van der Waals surface area contributed by atoms with Gasteiger partial charge in [0.15, 0.2) is 0 Å². The van der Waals surface area contributed by atoms with E-state index in [0.717, 1.165) is 0 Å². The minimum absolute atomic E-state index is 0.00270. The number of nitriles is 1. The van der Waals surface area contributed by atoms with Crippen LogP contribution in [0.25, 0.3) is 0 Å². The smallest absolute Gasteiger partial charge is 0.145 e. The van der Waals surface area contributed by atoms with E-state index in [1.54, 1.807) is 6.07 Å². The topological polar surface area (TPSA) is 33.0 Å². The SMILES string of the molecule is N#Cc1ccc(Oc2cc(F)c(Cl)cc2Br)cc1Cl. The van der Waals surface area contributed by atoms with Gasteiger partial charge in [-0.25, -0.2) is 4.39 Å². The third kappa shape index (κ3) is 3.19. The molecule has 0 bridgehead atoms. The Balaban J connectivity index is 2.34. The predicted octanol–water partition coefficient (Wildman–Crippen LogP) is 5.56. The molecule has 0 unspecified atom stereocenters. The maximum Gasteiger partial charge on any atom is 0.145 e. The molecule has 0 N–H and O–H groups in total. The number of hydrogen-bond acceptors (Lipinski definition) is 2. The minimum atomic E-state index is -0.584. The molecule has 0 heterocycles. The van der Waals surface area contributed by atoms with Gasteiger partial charge in [-0.3, -0.25) is 0 Å². The second kappa shape index (κ2) is 5.79. The van der Waals surface area contributed by atoms with Gasteiger partial charge in [-0.15, -0.1) is 0 Å². The fourth-order valence-electron chi connectivity index (χ4n) is 1.36. The van der Waals surface area contributed by atoms with E-state index in [2.05, 4.69) is 15.9 Å². The van der Waals surface area contributed by atoms with Crippen molar-refractivity contribution in [3.63, 3.8) is 0 Å². The van der Waals surface area contributed by atoms with Gasteiger partial charge in [-0.2, -0.15) is 5.26 Å². The average molecular weight is 361 g/mol. The van der Waals surface area contributed by atoms with Crippen molar-refractivity contribution in [2.24, 2.45) is 0 Å². The Hall–Kier alpha value is -1.28. The molecular weight excluding hydrogens is 356 g/mol. The summed E-state index contributed by atoms with van der Waals surface area (Å²) < 4.78 is 19.4. The van der Waals surface area contributed by atoms with Gasteiger partial charge in [0.05, 0.1) is 20.1 Å². The lowest BCUT2D eigenvalue weighted by molar-refractivity contribution is 0.473. The number of halogens is 4. The van der Waals surface area contributed by atoms with E-state index in [1.807, 2.05) is 6.07 Å². The predicted molar refractivity (Wildman–Crippen MR) is 75.4 cm³/mol. The molecule has 0 aliphatic rings. The van der Waals surface area contributed by atoms with Gasteiger partial charge in [-0.1, -0.05) is 23.2 Å². The first-order valence-corrected chi connectivity index (χ1v) is 6.58. The van der Waals surface area contributed by atoms with E-state index in [-0.39, 0.29) is 15.8 Å². The van der Waals surface area contributed by atoms with Crippen molar-refractivity contribution in [2.75, 3.05) is 0 Å². The van der Waals surface area contributed by atoms with Crippen LogP contribution in [0.4, 0.5) is 4.39 Å². The molecule has 6 heteroatoms. The molecule has 2 nitrogen and oxygen atoms in total. The zero-order valence-electron chi connectivity index (χ0n) is 9.25. The standard InChI is InChI=1S/C13H5BrCl2FNO/c14-9-4-11(16)12(17)5-13(9)19-8-2-1-7(6-18)10(15)3-8/h1-5H. The highest BCUT2D eigenvalue weighted by Gasteiger charge is 2.10. The van der Waals surface area contributed by atoms with Crippen molar-refractivity contribution in [1.29, 1.82) is 5.26 Å². The molecule has 2 aromatic carbocycles. The molecule has 19 heavy (non-hydrogen) atoms. The van der Waals surface area contributed by atoms with Crippen LogP contribution >= 0.6 is 39.1 Å². The fraction of sp³-hybridized carbons (Fsp3) is 0. The summed E-state index contributed by atoms with van der Waals surface area (Å²) in [5, 5.41) is 9.03. The lowest BCUT2D eigenvalue weighted by Gasteiger charge is -2.09. The van der Waals surface area contributed by atoms with Gasteiger partial charge < -0.3 is 4.74 Å². The molecule has 0 saturated carbocycles. The van der Waals surface area contributed by atoms with Crippen LogP contribution in [-0.4, -0.2) is 0 Å². The van der Waals surface area contributed by atoms with E-state index < -0.39 is 5.82 Å². The van der Waals surface area contributed by atoms with E-state index >= 15 is 0 Å². The number of ether oxygens (including phenoxy) is 1. The Bertz CT molecular complexity index is 685. The van der Waals surface area contributed by atoms with Crippen LogP contribution in [0.2, 0.25) is 10.0 Å². The Labute approximate surface area is 127 Å². The summed E-state index contributed by atoms with van der Waals surface area (Å²) in [6.07, 6.45) is 0. The van der Waals surface area contributed by atoms with Crippen molar-refractivity contribution < 1.29 is 9.13 Å². The number of hydrogen-bond donors (Lipinski definition) is 0. The monoisotopic (exact) mass is 359 g/mol. The maximum absolute atomic E-state index is 13.4. The van der Waals surface area contributed by atoms with Crippen molar-refractivity contribution >= 4 is 39.1 Å². The summed E-state index contributed by atoms with van der Waals surface area (Å²) in [5.74, 6) is 0.0775. The van der Waals surface area contributed by atoms with Crippen molar-refractivity contribution in [3.8, 4) is 17.6 Å². The second-order valence-corrected chi connectivity index (χ2v) is 5.22. The molecule has 96 valence electrons. The number of rotatable bonds is 2. The number of benzene rings is 2. The lowest BCUT2D eigenvalue weighted by Crippen LogP contribution is -1.89. The Kier molecular flexibility index (Phi) is 4.31. The highest BCUT2D eigenvalue weighted by atomic mass is 79.9. The normalized spacial score (nSPS) is 10.1. The van der Waals surface area contributed by atoms with Crippen LogP contribution in [0.1, 0.15) is 5.56 Å². The van der Waals surface area contributed by atoms with Crippen molar-refractivity contribution in [1.82, 2.24) is 0 Å². The molecule has 0 aromatic heterocycles. The van der Waals surface area contributed by atoms with Gasteiger partial charge >= 0.3 is 0 Å². The minimum Gasteiger partial charge on any atom is -0.456 e. The molecular formula is C13H5BrCl2FNO. The Morgan fingerprint density at radius 3 is 2.53 bits per heavy atom. The molecule has 0 aliphatic carbocycles. The largest absolute Gasteiger partial charge is 0.456 e. The quantitative estimate of drug-likeness (QED) is 0.657. The van der Waals surface area contributed by atoms with Gasteiger partial charge in [-0.05, 0) is 34.1 Å². The fourth-order valence-corrected chi connectivity index (χ4v) is 2.29. The summed E-state index contributed by atoms with van der Waals surface area (Å²) in [6, 6.07) is 9.09. The summed E-state index contributed by atoms with van der Waals surface area (Å²) in [7, 11) is 0. The highest BCUT2D eigenvalue weighted by Crippen LogP contribution is 2.34. The summed E-state index contributed by atoms with van der Waals surface area (Å²) in [6.45, 7) is 0. The van der Waals surface area contributed by atoms with Gasteiger partial charge in [0.2, 0.25) is 0 Å². The molecule has 0 aliphatic heterocycles. The first kappa shape index (κ1) is 14.1. The highest BCUT2D eigenvalue weighted by molar-refractivity contribution is 9.10. The molecule has 2 aromatic rings. The van der Waals surface area contributed by atoms with Gasteiger partial charge in [0, 0.05) is 12.1 Å². The maximum atomic E-state index is 13.4. The zero-order chi connectivity index (χ0) is 14.0. The van der Waals surface area contributed by atoms with E-state index in [0.29, 0.717) is 15.8 Å². The lowest BCUT2D eigenvalue weighted by atomic mass is 10.2. The average Bonchev–Trinajstić information content (AvgIpc) is 2.36. The summed E-state index contributed by atoms with van der Waals surface area (Å²) in [5.41, 5.74) is 0.343. The van der Waals surface area contributed by atoms with Crippen molar-refractivity contribution in [3.05, 3.63) is 56.2 Å². The molecule has 0 spiro atoms. The molecule has 0 radical (unpaired) electrons. The van der Waals surface area contributed by atoms with Crippen LogP contribution < -0.4 is 4.74 Å². The van der Waals surface area contributed by atoms with Crippen LogP contribution in [0.5, 0.6) is 11.5 Å². The second-order valence-electron chi connectivity index (χ2n) is 3.55. The zero-order valence-corrected chi connectivity index (χ0v) is 12.4. The van der Waals surface area contributed by atoms with Crippen LogP contribution in [0.15, 0.2) is 34.8 Å². The summed E-state index contributed by atoms with van der Waals surface area (Å²) in [4.78, 5) is 0. The molecule has 0 amide bonds. The van der Waals surface area contributed by atoms with E-state index in [4.69, 9.17) is 33.2 Å². The van der Waals surface area contributed by atoms with E-state index in [1.165, 1.54) is 24.3 Å². The Morgan fingerprint density at radius 2 is 1.89 bits per heavy atom. The van der Waals surface area contributed by atoms with Crippen LogP contribution in [0, 0.1) is 17.1 Å². The third-order valence-corrected chi connectivity index (χ3v) is 3.49. The first-order valence-electron chi connectivity index (χ1n) is 5.03. The van der Waals surface area contributed by atoms with Gasteiger partial charge in [0.25, 0.3) is 0 Å². The van der Waals surface area contributed by atoms with Crippen molar-refractivity contribution in [2.45, 2.75) is 0 Å². The van der Waals surface area contributed by atoms with Crippen LogP contribution in [-0.2, 0) is 0 Å². The molecule has 0 atom stereocenters. The molecule has 0 fully saturated rings. The first-order chi connectivity index (χ1) is 9.01.